The van der Waals surface area contributed by atoms with Crippen molar-refractivity contribution in [3.8, 4) is 0 Å². The first kappa shape index (κ1) is 39.4. The van der Waals surface area contributed by atoms with Crippen LogP contribution in [0, 0.1) is 50.2 Å². The van der Waals surface area contributed by atoms with E-state index in [1.807, 2.05) is 5.57 Å². The second-order valence-electron chi connectivity index (χ2n) is 20.8. The molecule has 2 heteroatoms. The number of carbonyl (C=O) groups excluding carboxylic acids is 1. The summed E-state index contributed by atoms with van der Waals surface area (Å²) in [6.45, 7) is 23.0. The van der Waals surface area contributed by atoms with E-state index in [2.05, 4.69) is 68.4 Å². The van der Waals surface area contributed by atoms with Crippen LogP contribution in [-0.2, 0) is 9.53 Å². The zero-order valence-corrected chi connectivity index (χ0v) is 34.4. The summed E-state index contributed by atoms with van der Waals surface area (Å²) in [6, 6.07) is 0. The van der Waals surface area contributed by atoms with Gasteiger partial charge in [-0.2, -0.15) is 0 Å². The minimum absolute atomic E-state index is 0.0300. The van der Waals surface area contributed by atoms with E-state index in [9.17, 15) is 4.79 Å². The van der Waals surface area contributed by atoms with Gasteiger partial charge in [-0.25, -0.2) is 0 Å². The van der Waals surface area contributed by atoms with Crippen molar-refractivity contribution < 1.29 is 9.53 Å². The van der Waals surface area contributed by atoms with Crippen molar-refractivity contribution in [2.24, 2.45) is 50.2 Å². The van der Waals surface area contributed by atoms with Gasteiger partial charge in [-0.15, -0.1) is 0 Å². The lowest BCUT2D eigenvalue weighted by atomic mass is 9.33. The standard InChI is InChI=1S/C47H82O2/c1-10-12-13-14-15-16-17-18-19-20-21-22-23-24-41(48)49-40-28-29-44(7)38(43(40,5)6)27-30-46(9)39(44)26-25-36-37-35-42(3,4)31-33-47(37,11-2)34-32-45(36,46)8/h25,37-40H,10-24,26-35H2,1-9H3. The van der Waals surface area contributed by atoms with Gasteiger partial charge in [-0.1, -0.05) is 151 Å². The molecule has 0 amide bonds. The molecule has 0 aromatic heterocycles. The fraction of sp³-hybridized carbons (Fsp3) is 0.936. The van der Waals surface area contributed by atoms with Crippen LogP contribution in [0.4, 0.5) is 0 Å². The first-order valence-corrected chi connectivity index (χ1v) is 22.1. The number of ether oxygens (including phenoxy) is 1. The van der Waals surface area contributed by atoms with Crippen LogP contribution in [-0.4, -0.2) is 12.1 Å². The molecule has 5 aliphatic carbocycles. The van der Waals surface area contributed by atoms with Crippen molar-refractivity contribution in [2.75, 3.05) is 0 Å². The van der Waals surface area contributed by atoms with Crippen LogP contribution in [0.1, 0.15) is 223 Å². The molecule has 0 spiro atoms. The van der Waals surface area contributed by atoms with E-state index in [0.717, 1.165) is 24.7 Å². The van der Waals surface area contributed by atoms with Gasteiger partial charge in [0, 0.05) is 11.8 Å². The fourth-order valence-corrected chi connectivity index (χ4v) is 13.7. The molecule has 4 fully saturated rings. The molecule has 5 aliphatic rings. The average molecular weight is 679 g/mol. The molecule has 0 N–H and O–H groups in total. The summed E-state index contributed by atoms with van der Waals surface area (Å²) in [5.74, 6) is 2.19. The van der Waals surface area contributed by atoms with Crippen molar-refractivity contribution in [1.82, 2.24) is 0 Å². The van der Waals surface area contributed by atoms with Gasteiger partial charge in [0.25, 0.3) is 0 Å². The highest BCUT2D eigenvalue weighted by molar-refractivity contribution is 5.69. The first-order chi connectivity index (χ1) is 23.2. The molecule has 49 heavy (non-hydrogen) atoms. The van der Waals surface area contributed by atoms with Crippen molar-refractivity contribution in [2.45, 2.75) is 229 Å². The van der Waals surface area contributed by atoms with Crippen molar-refractivity contribution in [1.29, 1.82) is 0 Å². The van der Waals surface area contributed by atoms with E-state index >= 15 is 0 Å². The Hall–Kier alpha value is -0.790. The predicted octanol–water partition coefficient (Wildman–Crippen LogP) is 14.6. The number of hydrogen-bond acceptors (Lipinski definition) is 2. The third-order valence-electron chi connectivity index (χ3n) is 17.2. The highest BCUT2D eigenvalue weighted by Crippen LogP contribution is 2.76. The summed E-state index contributed by atoms with van der Waals surface area (Å²) >= 11 is 0. The Balaban J connectivity index is 1.13. The Kier molecular flexibility index (Phi) is 12.6. The molecular formula is C47H82O2. The molecular weight excluding hydrogens is 597 g/mol. The molecule has 0 aliphatic heterocycles. The Labute approximate surface area is 305 Å². The molecule has 0 aromatic rings. The minimum Gasteiger partial charge on any atom is -0.462 e. The third-order valence-corrected chi connectivity index (χ3v) is 17.2. The third kappa shape index (κ3) is 7.66. The maximum Gasteiger partial charge on any atom is 0.306 e. The minimum atomic E-state index is 0.0300. The number of rotatable bonds is 16. The summed E-state index contributed by atoms with van der Waals surface area (Å²) in [7, 11) is 0. The van der Waals surface area contributed by atoms with Gasteiger partial charge in [0.1, 0.15) is 6.10 Å². The predicted molar refractivity (Wildman–Crippen MR) is 210 cm³/mol. The lowest BCUT2D eigenvalue weighted by molar-refractivity contribution is -0.213. The number of fused-ring (bicyclic) bond motifs is 7. The smallest absolute Gasteiger partial charge is 0.306 e. The molecule has 0 aromatic carbocycles. The second kappa shape index (κ2) is 15.7. The lowest BCUT2D eigenvalue weighted by Crippen LogP contribution is -2.64. The number of hydrogen-bond donors (Lipinski definition) is 0. The van der Waals surface area contributed by atoms with E-state index in [1.165, 1.54) is 141 Å². The Morgan fingerprint density at radius 1 is 0.694 bits per heavy atom. The van der Waals surface area contributed by atoms with E-state index in [-0.39, 0.29) is 17.5 Å². The molecule has 4 saturated carbocycles. The number of esters is 1. The van der Waals surface area contributed by atoms with E-state index < -0.39 is 0 Å². The number of unbranched alkanes of at least 4 members (excludes halogenated alkanes) is 12. The molecule has 8 unspecified atom stereocenters. The van der Waals surface area contributed by atoms with E-state index in [1.54, 1.807) is 0 Å². The SMILES string of the molecule is CCCCCCCCCCCCCCCC(=O)OC1CCC2(C)C(CCC3(C)C2CC=C2C4CC(C)(C)CCC4(CC)CCC23C)C1(C)C. The molecule has 5 rings (SSSR count). The van der Waals surface area contributed by atoms with Crippen LogP contribution in [0.15, 0.2) is 11.6 Å². The summed E-state index contributed by atoms with van der Waals surface area (Å²) in [5, 5.41) is 0. The highest BCUT2D eigenvalue weighted by Gasteiger charge is 2.68. The summed E-state index contributed by atoms with van der Waals surface area (Å²) in [6.07, 6.45) is 35.5. The van der Waals surface area contributed by atoms with Gasteiger partial charge in [-0.3, -0.25) is 4.79 Å². The molecule has 0 radical (unpaired) electrons. The number of allylic oxidation sites excluding steroid dienone is 2. The first-order valence-electron chi connectivity index (χ1n) is 22.1. The van der Waals surface area contributed by atoms with Crippen LogP contribution in [0.3, 0.4) is 0 Å². The summed E-state index contributed by atoms with van der Waals surface area (Å²) in [4.78, 5) is 13.2. The van der Waals surface area contributed by atoms with E-state index in [4.69, 9.17) is 4.74 Å². The molecule has 2 nitrogen and oxygen atoms in total. The van der Waals surface area contributed by atoms with Crippen LogP contribution in [0.2, 0.25) is 0 Å². The summed E-state index contributed by atoms with van der Waals surface area (Å²) in [5.41, 5.74) is 3.93. The molecule has 282 valence electrons. The molecule has 0 bridgehead atoms. The van der Waals surface area contributed by atoms with Gasteiger partial charge < -0.3 is 4.74 Å². The average Bonchev–Trinajstić information content (AvgIpc) is 3.05. The molecule has 8 atom stereocenters. The molecule has 0 saturated heterocycles. The van der Waals surface area contributed by atoms with Crippen LogP contribution in [0.5, 0.6) is 0 Å². The normalized spacial score (nSPS) is 39.2. The van der Waals surface area contributed by atoms with Crippen LogP contribution < -0.4 is 0 Å². The maximum absolute atomic E-state index is 13.2. The molecule has 0 heterocycles. The van der Waals surface area contributed by atoms with Gasteiger partial charge in [0.2, 0.25) is 0 Å². The second-order valence-corrected chi connectivity index (χ2v) is 20.8. The van der Waals surface area contributed by atoms with Crippen molar-refractivity contribution in [3.05, 3.63) is 11.6 Å². The van der Waals surface area contributed by atoms with Crippen LogP contribution >= 0.6 is 0 Å². The Morgan fingerprint density at radius 3 is 1.90 bits per heavy atom. The zero-order valence-electron chi connectivity index (χ0n) is 34.4. The topological polar surface area (TPSA) is 26.3 Å². The van der Waals surface area contributed by atoms with E-state index in [0.29, 0.717) is 39.4 Å². The van der Waals surface area contributed by atoms with Gasteiger partial charge in [-0.05, 0) is 122 Å². The lowest BCUT2D eigenvalue weighted by Gasteiger charge is -2.71. The van der Waals surface area contributed by atoms with Gasteiger partial charge >= 0.3 is 5.97 Å². The van der Waals surface area contributed by atoms with Crippen molar-refractivity contribution >= 4 is 5.97 Å². The Bertz CT molecular complexity index is 1130. The largest absolute Gasteiger partial charge is 0.462 e. The van der Waals surface area contributed by atoms with Gasteiger partial charge in [0.15, 0.2) is 0 Å². The fourth-order valence-electron chi connectivity index (χ4n) is 13.7. The quantitative estimate of drug-likeness (QED) is 0.0922. The van der Waals surface area contributed by atoms with Gasteiger partial charge in [0.05, 0.1) is 0 Å². The Morgan fingerprint density at radius 2 is 1.29 bits per heavy atom. The number of carbonyl (C=O) groups is 1. The summed E-state index contributed by atoms with van der Waals surface area (Å²) < 4.78 is 6.43. The highest BCUT2D eigenvalue weighted by atomic mass is 16.5. The van der Waals surface area contributed by atoms with Crippen molar-refractivity contribution in [3.63, 3.8) is 0 Å². The maximum atomic E-state index is 13.2. The van der Waals surface area contributed by atoms with Crippen LogP contribution in [0.25, 0.3) is 0 Å². The zero-order chi connectivity index (χ0) is 35.6. The monoisotopic (exact) mass is 679 g/mol.